The van der Waals surface area contributed by atoms with Gasteiger partial charge in [-0.3, -0.25) is 8.87 Å². The molecule has 1 aliphatic heterocycles. The van der Waals surface area contributed by atoms with E-state index in [9.17, 15) is 4.21 Å². The molecule has 5 nitrogen and oxygen atoms in total. The van der Waals surface area contributed by atoms with E-state index >= 15 is 0 Å². The minimum atomic E-state index is -1.33. The molecule has 0 amide bonds. The summed E-state index contributed by atoms with van der Waals surface area (Å²) in [5, 5.41) is 4.48. The molecule has 142 valence electrons. The number of rotatable bonds is 5. The maximum atomic E-state index is 13.3. The molecule has 7 heteroatoms. The Morgan fingerprint density at radius 1 is 1.19 bits per heavy atom. The Morgan fingerprint density at radius 2 is 1.96 bits per heavy atom. The van der Waals surface area contributed by atoms with Gasteiger partial charge in [0, 0.05) is 48.8 Å². The average Bonchev–Trinajstić information content (AvgIpc) is 3.06. The molecule has 0 radical (unpaired) electrons. The lowest BCUT2D eigenvalue weighted by molar-refractivity contribution is 0.234. The first-order valence-corrected chi connectivity index (χ1v) is 10.8. The minimum Gasteiger partial charge on any atom is -0.497 e. The molecule has 4 rings (SSSR count). The maximum absolute atomic E-state index is 13.3. The van der Waals surface area contributed by atoms with Crippen LogP contribution in [0.2, 0.25) is 0 Å². The van der Waals surface area contributed by atoms with E-state index in [1.807, 2.05) is 52.6 Å². The number of benzene rings is 2. The monoisotopic (exact) mass is 447 g/mol. The normalized spacial score (nSPS) is 16.5. The van der Waals surface area contributed by atoms with Crippen molar-refractivity contribution in [1.82, 2.24) is 14.2 Å². The lowest BCUT2D eigenvalue weighted by Gasteiger charge is -2.26. The first kappa shape index (κ1) is 18.7. The van der Waals surface area contributed by atoms with Crippen LogP contribution >= 0.6 is 15.9 Å². The van der Waals surface area contributed by atoms with Gasteiger partial charge in [-0.25, -0.2) is 4.21 Å². The van der Waals surface area contributed by atoms with Crippen molar-refractivity contribution in [3.05, 3.63) is 58.7 Å². The van der Waals surface area contributed by atoms with E-state index in [1.165, 1.54) is 5.56 Å². The summed E-state index contributed by atoms with van der Waals surface area (Å²) in [7, 11) is 0.345. The van der Waals surface area contributed by atoms with Crippen molar-refractivity contribution in [3.8, 4) is 5.75 Å². The summed E-state index contributed by atoms with van der Waals surface area (Å²) in [5.41, 5.74) is 2.13. The molecule has 1 N–H and O–H groups in total. The van der Waals surface area contributed by atoms with Crippen LogP contribution in [0.5, 0.6) is 5.75 Å². The van der Waals surface area contributed by atoms with Gasteiger partial charge in [0.15, 0.2) is 11.0 Å². The van der Waals surface area contributed by atoms with Gasteiger partial charge < -0.3 is 10.1 Å². The molecular formula is C20H22BrN3O2S. The first-order valence-electron chi connectivity index (χ1n) is 8.95. The van der Waals surface area contributed by atoms with Crippen LogP contribution in [-0.4, -0.2) is 46.4 Å². The van der Waals surface area contributed by atoms with E-state index in [0.717, 1.165) is 58.7 Å². The molecule has 0 spiro atoms. The third-order valence-corrected chi connectivity index (χ3v) is 7.21. The van der Waals surface area contributed by atoms with E-state index in [0.29, 0.717) is 0 Å². The third-order valence-electron chi connectivity index (χ3n) is 4.87. The summed E-state index contributed by atoms with van der Waals surface area (Å²) in [5.74, 6) is 0.813. The van der Waals surface area contributed by atoms with Crippen molar-refractivity contribution in [3.63, 3.8) is 0 Å². The van der Waals surface area contributed by atoms with Gasteiger partial charge in [-0.1, -0.05) is 12.1 Å². The quantitative estimate of drug-likeness (QED) is 0.650. The Hall–Kier alpha value is -1.67. The summed E-state index contributed by atoms with van der Waals surface area (Å²) in [6, 6.07) is 13.6. The van der Waals surface area contributed by atoms with E-state index in [2.05, 4.69) is 26.1 Å². The second kappa shape index (κ2) is 8.14. The van der Waals surface area contributed by atoms with E-state index in [4.69, 9.17) is 4.74 Å². The summed E-state index contributed by atoms with van der Waals surface area (Å²) in [4.78, 5) is 3.19. The van der Waals surface area contributed by atoms with Crippen molar-refractivity contribution in [2.45, 2.75) is 11.4 Å². The average molecular weight is 448 g/mol. The van der Waals surface area contributed by atoms with Crippen LogP contribution in [-0.2, 0) is 17.5 Å². The van der Waals surface area contributed by atoms with Gasteiger partial charge >= 0.3 is 0 Å². The van der Waals surface area contributed by atoms with E-state index in [-0.39, 0.29) is 0 Å². The smallest absolute Gasteiger partial charge is 0.158 e. The van der Waals surface area contributed by atoms with Crippen LogP contribution in [0.1, 0.15) is 5.56 Å². The van der Waals surface area contributed by atoms with Crippen molar-refractivity contribution in [2.24, 2.45) is 0 Å². The number of nitrogens with one attached hydrogen (secondary N) is 1. The van der Waals surface area contributed by atoms with Crippen molar-refractivity contribution in [2.75, 3.05) is 33.3 Å². The zero-order valence-corrected chi connectivity index (χ0v) is 17.6. The van der Waals surface area contributed by atoms with E-state index in [1.54, 1.807) is 7.11 Å². The van der Waals surface area contributed by atoms with Gasteiger partial charge in [0.25, 0.3) is 0 Å². The van der Waals surface area contributed by atoms with Crippen LogP contribution < -0.4 is 10.1 Å². The molecule has 2 aromatic carbocycles. The second-order valence-corrected chi connectivity index (χ2v) is 8.75. The number of aromatic nitrogens is 1. The first-order chi connectivity index (χ1) is 13.2. The Morgan fingerprint density at radius 3 is 2.70 bits per heavy atom. The highest BCUT2D eigenvalue weighted by molar-refractivity contribution is 9.10. The fraction of sp³-hybridized carbons (Fsp3) is 0.300. The Kier molecular flexibility index (Phi) is 5.63. The lowest BCUT2D eigenvalue weighted by Crippen LogP contribution is -2.42. The van der Waals surface area contributed by atoms with Crippen molar-refractivity contribution in [1.29, 1.82) is 0 Å². The largest absolute Gasteiger partial charge is 0.497 e. The number of nitrogens with zero attached hydrogens (tertiary/aromatic N) is 2. The van der Waals surface area contributed by atoms with Gasteiger partial charge in [0.1, 0.15) is 5.75 Å². The Balaban J connectivity index is 1.78. The van der Waals surface area contributed by atoms with Crippen LogP contribution in [0.25, 0.3) is 10.9 Å². The third kappa shape index (κ3) is 3.82. The number of hydrogen-bond donors (Lipinski definition) is 1. The number of hydrogen-bond acceptors (Lipinski definition) is 4. The molecule has 1 atom stereocenters. The molecule has 3 aromatic rings. The topological polar surface area (TPSA) is 46.5 Å². The molecule has 27 heavy (non-hydrogen) atoms. The van der Waals surface area contributed by atoms with Gasteiger partial charge in [-0.2, -0.15) is 0 Å². The standard InChI is InChI=1S/C20H22BrN3O2S/c1-26-16-6-7-19-17(12-16)15(13-23-10-8-22-9-11-23)14-24(19)27(25)20-5-3-2-4-18(20)21/h2-7,12,14,22H,8-11,13H2,1H3. The molecule has 2 heterocycles. The van der Waals surface area contributed by atoms with Gasteiger partial charge in [-0.15, -0.1) is 0 Å². The SMILES string of the molecule is COc1ccc2c(c1)c(CN1CCNCC1)cn2S(=O)c1ccccc1Br. The van der Waals surface area contributed by atoms with Crippen LogP contribution in [0.4, 0.5) is 0 Å². The highest BCUT2D eigenvalue weighted by Gasteiger charge is 2.19. The molecule has 1 aliphatic rings. The lowest BCUT2D eigenvalue weighted by atomic mass is 10.1. The molecule has 0 saturated carbocycles. The molecule has 0 aliphatic carbocycles. The molecule has 1 aromatic heterocycles. The van der Waals surface area contributed by atoms with Crippen LogP contribution in [0, 0.1) is 0 Å². The maximum Gasteiger partial charge on any atom is 0.158 e. The zero-order valence-electron chi connectivity index (χ0n) is 15.2. The highest BCUT2D eigenvalue weighted by atomic mass is 79.9. The second-order valence-electron chi connectivity index (χ2n) is 6.57. The summed E-state index contributed by atoms with van der Waals surface area (Å²) < 4.78 is 21.5. The van der Waals surface area contributed by atoms with Gasteiger partial charge in [-0.05, 0) is 51.8 Å². The number of ether oxygens (including phenoxy) is 1. The number of methoxy groups -OCH3 is 1. The molecule has 0 bridgehead atoms. The highest BCUT2D eigenvalue weighted by Crippen LogP contribution is 2.30. The number of fused-ring (bicyclic) bond motifs is 1. The Labute approximate surface area is 170 Å². The van der Waals surface area contributed by atoms with Crippen molar-refractivity contribution < 1.29 is 8.95 Å². The van der Waals surface area contributed by atoms with Crippen LogP contribution in [0.3, 0.4) is 0 Å². The van der Waals surface area contributed by atoms with Gasteiger partial charge in [0.2, 0.25) is 0 Å². The molecule has 1 fully saturated rings. The molecular weight excluding hydrogens is 426 g/mol. The Bertz CT molecular complexity index is 983. The molecule has 1 saturated heterocycles. The zero-order chi connectivity index (χ0) is 18.8. The predicted molar refractivity (Wildman–Crippen MR) is 113 cm³/mol. The molecule has 1 unspecified atom stereocenters. The fourth-order valence-corrected chi connectivity index (χ4v) is 5.34. The number of piperazine rings is 1. The predicted octanol–water partition coefficient (Wildman–Crippen LogP) is 3.39. The van der Waals surface area contributed by atoms with Crippen LogP contribution in [0.15, 0.2) is 58.0 Å². The summed E-state index contributed by atoms with van der Waals surface area (Å²) in [6.45, 7) is 4.88. The van der Waals surface area contributed by atoms with Gasteiger partial charge in [0.05, 0.1) is 17.5 Å². The fourth-order valence-electron chi connectivity index (χ4n) is 3.44. The van der Waals surface area contributed by atoms with Crippen molar-refractivity contribution >= 4 is 37.8 Å². The minimum absolute atomic E-state index is 0.763. The van der Waals surface area contributed by atoms with E-state index < -0.39 is 11.0 Å². The summed E-state index contributed by atoms with van der Waals surface area (Å²) in [6.07, 6.45) is 2.03. The number of halogens is 1. The summed E-state index contributed by atoms with van der Waals surface area (Å²) >= 11 is 3.53.